The highest BCUT2D eigenvalue weighted by molar-refractivity contribution is 5.98. The summed E-state index contributed by atoms with van der Waals surface area (Å²) in [5, 5.41) is 0. The molecular formula is C15H23ClN2O5. The summed E-state index contributed by atoms with van der Waals surface area (Å²) in [7, 11) is 4.57. The second kappa shape index (κ2) is 8.81. The lowest BCUT2D eigenvalue weighted by Gasteiger charge is -2.32. The van der Waals surface area contributed by atoms with Crippen LogP contribution in [-0.4, -0.2) is 64.5 Å². The predicted molar refractivity (Wildman–Crippen MR) is 88.0 cm³/mol. The van der Waals surface area contributed by atoms with E-state index in [0.717, 1.165) is 0 Å². The molecule has 7 nitrogen and oxygen atoms in total. The van der Waals surface area contributed by atoms with E-state index in [1.165, 1.54) is 21.3 Å². The number of carbonyl (C=O) groups excluding carboxylic acids is 1. The van der Waals surface area contributed by atoms with Crippen LogP contribution in [0.25, 0.3) is 0 Å². The molecule has 1 amide bonds. The number of benzene rings is 1. The molecular weight excluding hydrogens is 324 g/mol. The van der Waals surface area contributed by atoms with Gasteiger partial charge in [-0.05, 0) is 0 Å². The Bertz CT molecular complexity index is 541. The maximum absolute atomic E-state index is 12.8. The summed E-state index contributed by atoms with van der Waals surface area (Å²) < 4.78 is 21.3. The average Bonchev–Trinajstić information content (AvgIpc) is 2.59. The zero-order valence-corrected chi connectivity index (χ0v) is 14.4. The Hall–Kier alpha value is -1.70. The van der Waals surface area contributed by atoms with Crippen LogP contribution >= 0.6 is 12.4 Å². The van der Waals surface area contributed by atoms with Crippen molar-refractivity contribution in [3.63, 3.8) is 0 Å². The number of nitrogens with two attached hydrogens (primary N) is 1. The standard InChI is InChI=1S/C15H22N2O5.ClH/c1-19-12-7-14(21-3)13(20-2)6-11(12)15(18)17-4-5-22-10(8-16)9-17;/h6-7,10H,4-5,8-9,16H2,1-3H3;1H. The highest BCUT2D eigenvalue weighted by Crippen LogP contribution is 2.35. The fourth-order valence-electron chi connectivity index (χ4n) is 2.41. The zero-order chi connectivity index (χ0) is 16.1. The molecule has 2 rings (SSSR count). The molecule has 1 aromatic rings. The Labute approximate surface area is 142 Å². The molecule has 1 aliphatic rings. The lowest BCUT2D eigenvalue weighted by Crippen LogP contribution is -2.48. The molecule has 8 heteroatoms. The molecule has 0 saturated carbocycles. The van der Waals surface area contributed by atoms with E-state index in [4.69, 9.17) is 24.7 Å². The maximum atomic E-state index is 12.8. The van der Waals surface area contributed by atoms with Crippen LogP contribution in [-0.2, 0) is 4.74 Å². The molecule has 0 bridgehead atoms. The van der Waals surface area contributed by atoms with E-state index in [1.54, 1.807) is 17.0 Å². The first kappa shape index (κ1) is 19.3. The number of morpholine rings is 1. The van der Waals surface area contributed by atoms with Crippen LogP contribution in [0.15, 0.2) is 12.1 Å². The Morgan fingerprint density at radius 2 is 1.83 bits per heavy atom. The van der Waals surface area contributed by atoms with Crippen molar-refractivity contribution in [3.8, 4) is 17.2 Å². The van der Waals surface area contributed by atoms with Gasteiger partial charge in [0.25, 0.3) is 5.91 Å². The maximum Gasteiger partial charge on any atom is 0.257 e. The summed E-state index contributed by atoms with van der Waals surface area (Å²) in [4.78, 5) is 14.5. The van der Waals surface area contributed by atoms with Crippen molar-refractivity contribution < 1.29 is 23.7 Å². The summed E-state index contributed by atoms with van der Waals surface area (Å²) >= 11 is 0. The molecule has 0 aliphatic carbocycles. The molecule has 0 radical (unpaired) electrons. The molecule has 1 heterocycles. The fraction of sp³-hybridized carbons (Fsp3) is 0.533. The monoisotopic (exact) mass is 346 g/mol. The first-order valence-corrected chi connectivity index (χ1v) is 7.05. The van der Waals surface area contributed by atoms with Crippen LogP contribution in [0.3, 0.4) is 0 Å². The van der Waals surface area contributed by atoms with E-state index in [1.807, 2.05) is 0 Å². The van der Waals surface area contributed by atoms with Crippen LogP contribution in [0.4, 0.5) is 0 Å². The molecule has 2 N–H and O–H groups in total. The van der Waals surface area contributed by atoms with Crippen molar-refractivity contribution >= 4 is 18.3 Å². The first-order valence-electron chi connectivity index (χ1n) is 7.05. The third kappa shape index (κ3) is 4.19. The average molecular weight is 347 g/mol. The number of carbonyl (C=O) groups is 1. The van der Waals surface area contributed by atoms with Gasteiger partial charge in [-0.1, -0.05) is 0 Å². The van der Waals surface area contributed by atoms with Crippen molar-refractivity contribution in [3.05, 3.63) is 17.7 Å². The van der Waals surface area contributed by atoms with Crippen molar-refractivity contribution in [2.75, 3.05) is 47.6 Å². The second-order valence-electron chi connectivity index (χ2n) is 4.89. The molecule has 1 aliphatic heterocycles. The molecule has 1 unspecified atom stereocenters. The normalized spacial score (nSPS) is 17.2. The number of nitrogens with zero attached hydrogens (tertiary/aromatic N) is 1. The number of amides is 1. The van der Waals surface area contributed by atoms with Gasteiger partial charge in [0.15, 0.2) is 11.5 Å². The predicted octanol–water partition coefficient (Wildman–Crippen LogP) is 0.934. The van der Waals surface area contributed by atoms with Gasteiger partial charge in [0, 0.05) is 31.8 Å². The number of methoxy groups -OCH3 is 3. The molecule has 1 aromatic carbocycles. The minimum Gasteiger partial charge on any atom is -0.496 e. The lowest BCUT2D eigenvalue weighted by atomic mass is 10.1. The summed E-state index contributed by atoms with van der Waals surface area (Å²) in [6.07, 6.45) is -0.135. The Kier molecular flexibility index (Phi) is 7.41. The number of hydrogen-bond acceptors (Lipinski definition) is 6. The van der Waals surface area contributed by atoms with Crippen molar-refractivity contribution in [1.82, 2.24) is 4.90 Å². The molecule has 1 saturated heterocycles. The summed E-state index contributed by atoms with van der Waals surface area (Å²) in [5.41, 5.74) is 6.05. The van der Waals surface area contributed by atoms with Crippen molar-refractivity contribution in [1.29, 1.82) is 0 Å². The molecule has 0 spiro atoms. The molecule has 1 fully saturated rings. The molecule has 130 valence electrons. The number of halogens is 1. The van der Waals surface area contributed by atoms with E-state index >= 15 is 0 Å². The van der Waals surface area contributed by atoms with Crippen LogP contribution in [0.5, 0.6) is 17.2 Å². The van der Waals surface area contributed by atoms with E-state index in [9.17, 15) is 4.79 Å². The van der Waals surface area contributed by atoms with Crippen molar-refractivity contribution in [2.24, 2.45) is 5.73 Å². The van der Waals surface area contributed by atoms with E-state index in [-0.39, 0.29) is 24.4 Å². The summed E-state index contributed by atoms with van der Waals surface area (Å²) in [6.45, 7) is 1.84. The van der Waals surface area contributed by atoms with Gasteiger partial charge in [-0.25, -0.2) is 0 Å². The Morgan fingerprint density at radius 1 is 1.22 bits per heavy atom. The zero-order valence-electron chi connectivity index (χ0n) is 13.5. The highest BCUT2D eigenvalue weighted by atomic mass is 35.5. The van der Waals surface area contributed by atoms with Crippen molar-refractivity contribution in [2.45, 2.75) is 6.10 Å². The smallest absolute Gasteiger partial charge is 0.257 e. The molecule has 23 heavy (non-hydrogen) atoms. The first-order chi connectivity index (χ1) is 10.6. The van der Waals surface area contributed by atoms with Gasteiger partial charge in [0.2, 0.25) is 0 Å². The largest absolute Gasteiger partial charge is 0.496 e. The van der Waals surface area contributed by atoms with Crippen LogP contribution in [0.2, 0.25) is 0 Å². The minimum atomic E-state index is -0.139. The van der Waals surface area contributed by atoms with Crippen LogP contribution < -0.4 is 19.9 Å². The second-order valence-corrected chi connectivity index (χ2v) is 4.89. The minimum absolute atomic E-state index is 0. The SMILES string of the molecule is COc1cc(OC)c(C(=O)N2CCOC(CN)C2)cc1OC.Cl. The van der Waals surface area contributed by atoms with Gasteiger partial charge in [-0.2, -0.15) is 0 Å². The Balaban J connectivity index is 0.00000264. The number of ether oxygens (including phenoxy) is 4. The number of hydrogen-bond donors (Lipinski definition) is 1. The molecule has 0 aromatic heterocycles. The van der Waals surface area contributed by atoms with Gasteiger partial charge in [-0.15, -0.1) is 12.4 Å². The summed E-state index contributed by atoms with van der Waals surface area (Å²) in [6, 6.07) is 3.28. The van der Waals surface area contributed by atoms with Gasteiger partial charge < -0.3 is 29.6 Å². The van der Waals surface area contributed by atoms with Gasteiger partial charge in [0.05, 0.1) is 39.6 Å². The molecule has 1 atom stereocenters. The highest BCUT2D eigenvalue weighted by Gasteiger charge is 2.27. The quantitative estimate of drug-likeness (QED) is 0.854. The van der Waals surface area contributed by atoms with Crippen LogP contribution in [0, 0.1) is 0 Å². The van der Waals surface area contributed by atoms with E-state index in [2.05, 4.69) is 0 Å². The fourth-order valence-corrected chi connectivity index (χ4v) is 2.41. The van der Waals surface area contributed by atoms with Gasteiger partial charge in [-0.3, -0.25) is 4.79 Å². The van der Waals surface area contributed by atoms with E-state index in [0.29, 0.717) is 49.1 Å². The number of rotatable bonds is 5. The third-order valence-electron chi connectivity index (χ3n) is 3.62. The lowest BCUT2D eigenvalue weighted by molar-refractivity contribution is -0.0168. The van der Waals surface area contributed by atoms with Gasteiger partial charge in [0.1, 0.15) is 5.75 Å². The third-order valence-corrected chi connectivity index (χ3v) is 3.62. The Morgan fingerprint density at radius 3 is 2.39 bits per heavy atom. The van der Waals surface area contributed by atoms with Gasteiger partial charge >= 0.3 is 0 Å². The topological polar surface area (TPSA) is 83.2 Å². The summed E-state index contributed by atoms with van der Waals surface area (Å²) in [5.74, 6) is 1.30. The van der Waals surface area contributed by atoms with Crippen LogP contribution in [0.1, 0.15) is 10.4 Å². The van der Waals surface area contributed by atoms with E-state index < -0.39 is 0 Å².